The fourth-order valence-electron chi connectivity index (χ4n) is 5.06. The zero-order valence-corrected chi connectivity index (χ0v) is 19.0. The summed E-state index contributed by atoms with van der Waals surface area (Å²) >= 11 is 0. The highest BCUT2D eigenvalue weighted by molar-refractivity contribution is 7.89. The van der Waals surface area contributed by atoms with Crippen molar-refractivity contribution in [1.29, 1.82) is 0 Å². The van der Waals surface area contributed by atoms with Gasteiger partial charge in [-0.2, -0.15) is 0 Å². The van der Waals surface area contributed by atoms with Crippen LogP contribution in [0.2, 0.25) is 0 Å². The van der Waals surface area contributed by atoms with Gasteiger partial charge in [-0.1, -0.05) is 0 Å². The molecule has 2 saturated heterocycles. The summed E-state index contributed by atoms with van der Waals surface area (Å²) < 4.78 is 80.8. The molecule has 2 aliphatic rings. The molecule has 0 spiro atoms. The van der Waals surface area contributed by atoms with E-state index in [0.717, 1.165) is 43.2 Å². The van der Waals surface area contributed by atoms with Crippen LogP contribution in [-0.4, -0.2) is 43.9 Å². The number of hydrogen-bond acceptors (Lipinski definition) is 4. The Hall–Kier alpha value is -2.50. The van der Waals surface area contributed by atoms with E-state index in [1.54, 1.807) is 4.90 Å². The Labute approximate surface area is 195 Å². The predicted octanol–water partition coefficient (Wildman–Crippen LogP) is 2.86. The lowest BCUT2D eigenvalue weighted by atomic mass is 9.82. The lowest BCUT2D eigenvalue weighted by Gasteiger charge is -2.41. The number of rotatable bonds is 7. The molecule has 2 heterocycles. The molecule has 2 fully saturated rings. The number of fused-ring (bicyclic) bond motifs is 2. The molecule has 0 radical (unpaired) electrons. The molecule has 184 valence electrons. The molecular weight excluding hydrogens is 474 g/mol. The van der Waals surface area contributed by atoms with E-state index < -0.39 is 45.9 Å². The molecule has 1 amide bonds. The van der Waals surface area contributed by atoms with Crippen LogP contribution in [0.1, 0.15) is 31.2 Å². The largest absolute Gasteiger partial charge is 0.336 e. The van der Waals surface area contributed by atoms with E-state index in [9.17, 15) is 30.8 Å². The van der Waals surface area contributed by atoms with Crippen molar-refractivity contribution in [2.45, 2.75) is 55.1 Å². The van der Waals surface area contributed by atoms with E-state index in [4.69, 9.17) is 5.73 Å². The van der Waals surface area contributed by atoms with E-state index >= 15 is 0 Å². The Morgan fingerprint density at radius 1 is 1.00 bits per heavy atom. The second kappa shape index (κ2) is 9.63. The maximum Gasteiger partial charge on any atom is 0.241 e. The first-order valence-electron chi connectivity index (χ1n) is 11.0. The lowest BCUT2D eigenvalue weighted by molar-refractivity contribution is -0.135. The fourth-order valence-corrected chi connectivity index (χ4v) is 6.04. The van der Waals surface area contributed by atoms with Crippen LogP contribution in [0.25, 0.3) is 0 Å². The van der Waals surface area contributed by atoms with Crippen LogP contribution in [0.4, 0.5) is 17.6 Å². The van der Waals surface area contributed by atoms with Gasteiger partial charge in [-0.25, -0.2) is 30.7 Å². The van der Waals surface area contributed by atoms with E-state index in [1.165, 1.54) is 0 Å². The number of nitrogens with zero attached hydrogens (tertiary/aromatic N) is 1. The Morgan fingerprint density at radius 2 is 1.59 bits per heavy atom. The van der Waals surface area contributed by atoms with Crippen LogP contribution in [-0.2, 0) is 21.2 Å². The minimum Gasteiger partial charge on any atom is -0.336 e. The molecule has 4 rings (SSSR count). The second-order valence-electron chi connectivity index (χ2n) is 8.92. The zero-order valence-electron chi connectivity index (χ0n) is 18.2. The van der Waals surface area contributed by atoms with Gasteiger partial charge in [-0.05, 0) is 73.9 Å². The van der Waals surface area contributed by atoms with Gasteiger partial charge in [0.15, 0.2) is 11.6 Å². The Balaban J connectivity index is 1.36. The summed E-state index contributed by atoms with van der Waals surface area (Å²) in [7, 11) is -3.97. The standard InChI is InChI=1S/C23H25F4N3O3S/c24-15-1-5-18(6-2-15)34(32,33)29-12-23(31)30-16-3-4-17(30)8-14(7-16)22(28)10-13-9-20(26)21(27)11-19(13)25/h1-2,5-6,9,11,14,16-17,22,29H,3-4,7-8,10,12,28H2/t14?,16-,17+,22-/m1/s1. The number of piperidine rings is 1. The molecule has 2 bridgehead atoms. The third-order valence-corrected chi connectivity index (χ3v) is 8.16. The highest BCUT2D eigenvalue weighted by atomic mass is 32.2. The quantitative estimate of drug-likeness (QED) is 0.453. The number of halogens is 4. The first-order chi connectivity index (χ1) is 16.0. The molecule has 0 aromatic heterocycles. The normalized spacial score (nSPS) is 23.2. The van der Waals surface area contributed by atoms with Gasteiger partial charge in [0.1, 0.15) is 11.6 Å². The summed E-state index contributed by atoms with van der Waals surface area (Å²) in [6.45, 7) is -0.427. The van der Waals surface area contributed by atoms with Crippen molar-refractivity contribution in [2.75, 3.05) is 6.54 Å². The summed E-state index contributed by atoms with van der Waals surface area (Å²) in [6.07, 6.45) is 2.63. The molecule has 6 nitrogen and oxygen atoms in total. The predicted molar refractivity (Wildman–Crippen MR) is 116 cm³/mol. The van der Waals surface area contributed by atoms with E-state index in [1.807, 2.05) is 0 Å². The lowest BCUT2D eigenvalue weighted by Crippen LogP contribution is -2.52. The van der Waals surface area contributed by atoms with Crippen molar-refractivity contribution in [3.05, 3.63) is 65.2 Å². The topological polar surface area (TPSA) is 92.5 Å². The number of nitrogens with two attached hydrogens (primary N) is 1. The van der Waals surface area contributed by atoms with Gasteiger partial charge in [0.2, 0.25) is 15.9 Å². The van der Waals surface area contributed by atoms with Crippen LogP contribution in [0, 0.1) is 29.2 Å². The molecule has 2 aromatic rings. The smallest absolute Gasteiger partial charge is 0.241 e. The molecule has 34 heavy (non-hydrogen) atoms. The summed E-state index contributed by atoms with van der Waals surface area (Å²) in [5.74, 6) is -4.22. The van der Waals surface area contributed by atoms with Gasteiger partial charge in [-0.15, -0.1) is 0 Å². The number of nitrogens with one attached hydrogen (secondary N) is 1. The van der Waals surface area contributed by atoms with Crippen molar-refractivity contribution >= 4 is 15.9 Å². The number of carbonyl (C=O) groups is 1. The van der Waals surface area contributed by atoms with Gasteiger partial charge in [0, 0.05) is 24.2 Å². The van der Waals surface area contributed by atoms with Crippen molar-refractivity contribution < 1.29 is 30.8 Å². The zero-order chi connectivity index (χ0) is 24.6. The SMILES string of the molecule is N[C@H](Cc1cc(F)c(F)cc1F)C1C[C@H]2CC[C@@H](C1)N2C(=O)CNS(=O)(=O)c1ccc(F)cc1. The van der Waals surface area contributed by atoms with E-state index in [-0.39, 0.29) is 40.8 Å². The summed E-state index contributed by atoms with van der Waals surface area (Å²) in [4.78, 5) is 14.4. The second-order valence-corrected chi connectivity index (χ2v) is 10.7. The third-order valence-electron chi connectivity index (χ3n) is 6.75. The van der Waals surface area contributed by atoms with Crippen molar-refractivity contribution in [3.8, 4) is 0 Å². The summed E-state index contributed by atoms with van der Waals surface area (Å²) in [5.41, 5.74) is 6.30. The summed E-state index contributed by atoms with van der Waals surface area (Å²) in [6, 6.07) is 4.86. The first-order valence-corrected chi connectivity index (χ1v) is 12.5. The highest BCUT2D eigenvalue weighted by Gasteiger charge is 2.44. The van der Waals surface area contributed by atoms with Crippen LogP contribution in [0.5, 0.6) is 0 Å². The Kier molecular flexibility index (Phi) is 6.97. The maximum atomic E-state index is 14.0. The molecule has 2 aromatic carbocycles. The average molecular weight is 500 g/mol. The van der Waals surface area contributed by atoms with Gasteiger partial charge < -0.3 is 10.6 Å². The molecule has 1 unspecified atom stereocenters. The molecule has 0 saturated carbocycles. The minimum absolute atomic E-state index is 0.00690. The average Bonchev–Trinajstić information content (AvgIpc) is 3.05. The molecule has 3 N–H and O–H groups in total. The van der Waals surface area contributed by atoms with Crippen molar-refractivity contribution in [2.24, 2.45) is 11.7 Å². The number of hydrogen-bond donors (Lipinski definition) is 2. The Bertz CT molecular complexity index is 1160. The number of sulfonamides is 1. The van der Waals surface area contributed by atoms with Gasteiger partial charge in [-0.3, -0.25) is 4.79 Å². The maximum absolute atomic E-state index is 14.0. The van der Waals surface area contributed by atoms with Crippen LogP contribution < -0.4 is 10.5 Å². The Morgan fingerprint density at radius 3 is 2.21 bits per heavy atom. The van der Waals surface area contributed by atoms with Gasteiger partial charge in [0.05, 0.1) is 11.4 Å². The van der Waals surface area contributed by atoms with Crippen LogP contribution in [0.15, 0.2) is 41.3 Å². The van der Waals surface area contributed by atoms with Gasteiger partial charge >= 0.3 is 0 Å². The summed E-state index contributed by atoms with van der Waals surface area (Å²) in [5, 5.41) is 0. The number of benzene rings is 2. The fraction of sp³-hybridized carbons (Fsp3) is 0.435. The monoisotopic (exact) mass is 499 g/mol. The molecular formula is C23H25F4N3O3S. The number of carbonyl (C=O) groups excluding carboxylic acids is 1. The van der Waals surface area contributed by atoms with E-state index in [0.29, 0.717) is 18.9 Å². The van der Waals surface area contributed by atoms with E-state index in [2.05, 4.69) is 4.72 Å². The van der Waals surface area contributed by atoms with Crippen molar-refractivity contribution in [3.63, 3.8) is 0 Å². The third kappa shape index (κ3) is 5.11. The highest BCUT2D eigenvalue weighted by Crippen LogP contribution is 2.40. The van der Waals surface area contributed by atoms with Crippen molar-refractivity contribution in [1.82, 2.24) is 9.62 Å². The van der Waals surface area contributed by atoms with Crippen LogP contribution in [0.3, 0.4) is 0 Å². The van der Waals surface area contributed by atoms with Crippen LogP contribution >= 0.6 is 0 Å². The molecule has 4 atom stereocenters. The molecule has 2 aliphatic heterocycles. The minimum atomic E-state index is -3.97. The molecule has 11 heteroatoms. The molecule has 0 aliphatic carbocycles. The number of amides is 1. The first kappa shape index (κ1) is 24.6. The van der Waals surface area contributed by atoms with Gasteiger partial charge in [0.25, 0.3) is 0 Å².